The lowest BCUT2D eigenvalue weighted by molar-refractivity contribution is -0.121. The predicted octanol–water partition coefficient (Wildman–Crippen LogP) is 3.58. The number of carbonyl (C=O) groups is 3. The van der Waals surface area contributed by atoms with Crippen molar-refractivity contribution in [1.82, 2.24) is 10.9 Å². The molecule has 1 aliphatic carbocycles. The highest BCUT2D eigenvalue weighted by molar-refractivity contribution is 7.14. The van der Waals surface area contributed by atoms with Crippen LogP contribution in [0.5, 0.6) is 0 Å². The smallest absolute Gasteiger partial charge is 0.279 e. The summed E-state index contributed by atoms with van der Waals surface area (Å²) < 4.78 is 12.9. The van der Waals surface area contributed by atoms with Crippen molar-refractivity contribution in [1.29, 1.82) is 0 Å². The van der Waals surface area contributed by atoms with E-state index in [0.717, 1.165) is 25.7 Å². The minimum absolute atomic E-state index is 0.0133. The molecule has 2 amide bonds. The summed E-state index contributed by atoms with van der Waals surface area (Å²) in [6.45, 7) is 0. The van der Waals surface area contributed by atoms with Crippen LogP contribution >= 0.6 is 11.3 Å². The molecular formula is C20H21FN2O3S. The lowest BCUT2D eigenvalue weighted by Crippen LogP contribution is -2.41. The highest BCUT2D eigenvalue weighted by Gasteiger charge is 2.17. The Morgan fingerprint density at radius 3 is 2.48 bits per heavy atom. The normalized spacial score (nSPS) is 13.4. The van der Waals surface area contributed by atoms with Crippen LogP contribution in [0.1, 0.15) is 62.6 Å². The number of thiophene rings is 1. The van der Waals surface area contributed by atoms with Crippen LogP contribution in [0.3, 0.4) is 0 Å². The maximum absolute atomic E-state index is 12.9. The van der Waals surface area contributed by atoms with E-state index in [2.05, 4.69) is 10.9 Å². The first-order valence-electron chi connectivity index (χ1n) is 9.02. The van der Waals surface area contributed by atoms with E-state index in [1.54, 1.807) is 0 Å². The first-order valence-corrected chi connectivity index (χ1v) is 9.84. The molecule has 0 bridgehead atoms. The summed E-state index contributed by atoms with van der Waals surface area (Å²) >= 11 is 1.48. The summed E-state index contributed by atoms with van der Waals surface area (Å²) in [5, 5.41) is 0. The minimum Gasteiger partial charge on any atom is -0.294 e. The van der Waals surface area contributed by atoms with Gasteiger partial charge in [-0.2, -0.15) is 0 Å². The van der Waals surface area contributed by atoms with Gasteiger partial charge in [0.2, 0.25) is 5.91 Å². The molecule has 1 aromatic carbocycles. The molecule has 1 aromatic heterocycles. The summed E-state index contributed by atoms with van der Waals surface area (Å²) in [5.74, 6) is -1.46. The molecule has 0 aliphatic heterocycles. The molecule has 0 saturated carbocycles. The van der Waals surface area contributed by atoms with Gasteiger partial charge in [-0.15, -0.1) is 11.3 Å². The number of hydrogen-bond acceptors (Lipinski definition) is 4. The number of halogens is 1. The SMILES string of the molecule is O=C(CCC(=O)c1ccc(F)cc1)NNC(=O)c1cc2c(s1)CCCCC2. The van der Waals surface area contributed by atoms with Crippen LogP contribution in [0, 0.1) is 5.82 Å². The maximum Gasteiger partial charge on any atom is 0.279 e. The first-order chi connectivity index (χ1) is 13.0. The zero-order chi connectivity index (χ0) is 19.2. The van der Waals surface area contributed by atoms with Crippen LogP contribution in [-0.2, 0) is 17.6 Å². The number of hydrogen-bond donors (Lipinski definition) is 2. The van der Waals surface area contributed by atoms with Gasteiger partial charge >= 0.3 is 0 Å². The average molecular weight is 388 g/mol. The van der Waals surface area contributed by atoms with Gasteiger partial charge in [0.1, 0.15) is 5.82 Å². The molecule has 142 valence electrons. The van der Waals surface area contributed by atoms with E-state index < -0.39 is 11.7 Å². The predicted molar refractivity (Wildman–Crippen MR) is 101 cm³/mol. The molecule has 0 fully saturated rings. The topological polar surface area (TPSA) is 75.3 Å². The van der Waals surface area contributed by atoms with Crippen molar-refractivity contribution in [3.05, 3.63) is 57.0 Å². The first kappa shape index (κ1) is 19.2. The zero-order valence-corrected chi connectivity index (χ0v) is 15.7. The number of fused-ring (bicyclic) bond motifs is 1. The molecule has 2 N–H and O–H groups in total. The van der Waals surface area contributed by atoms with Gasteiger partial charge in [-0.25, -0.2) is 4.39 Å². The van der Waals surface area contributed by atoms with Crippen LogP contribution in [-0.4, -0.2) is 17.6 Å². The highest BCUT2D eigenvalue weighted by Crippen LogP contribution is 2.28. The number of hydrazine groups is 1. The van der Waals surface area contributed by atoms with Gasteiger partial charge in [0, 0.05) is 23.3 Å². The molecule has 0 saturated heterocycles. The van der Waals surface area contributed by atoms with E-state index >= 15 is 0 Å². The van der Waals surface area contributed by atoms with Crippen LogP contribution in [0.15, 0.2) is 30.3 Å². The molecule has 7 heteroatoms. The molecule has 2 aromatic rings. The lowest BCUT2D eigenvalue weighted by atomic mass is 10.1. The van der Waals surface area contributed by atoms with Crippen molar-refractivity contribution in [2.45, 2.75) is 44.9 Å². The number of aryl methyl sites for hydroxylation is 2. The zero-order valence-electron chi connectivity index (χ0n) is 14.8. The molecule has 27 heavy (non-hydrogen) atoms. The third-order valence-corrected chi connectivity index (χ3v) is 5.77. The molecule has 1 aliphatic rings. The second-order valence-electron chi connectivity index (χ2n) is 6.55. The number of Topliss-reactive ketones (excluding diaryl/α,β-unsaturated/α-hetero) is 1. The van der Waals surface area contributed by atoms with Crippen molar-refractivity contribution in [2.75, 3.05) is 0 Å². The Kier molecular flexibility index (Phi) is 6.34. The Morgan fingerprint density at radius 2 is 1.70 bits per heavy atom. The summed E-state index contributed by atoms with van der Waals surface area (Å²) in [5.41, 5.74) is 6.34. The quantitative estimate of drug-likeness (QED) is 0.467. The minimum atomic E-state index is -0.447. The summed E-state index contributed by atoms with van der Waals surface area (Å²) in [7, 11) is 0. The number of amides is 2. The highest BCUT2D eigenvalue weighted by atomic mass is 32.1. The fourth-order valence-corrected chi connectivity index (χ4v) is 4.19. The van der Waals surface area contributed by atoms with Crippen molar-refractivity contribution in [3.8, 4) is 0 Å². The van der Waals surface area contributed by atoms with Gasteiger partial charge in [0.25, 0.3) is 5.91 Å². The van der Waals surface area contributed by atoms with Gasteiger partial charge in [-0.05, 0) is 61.6 Å². The number of benzene rings is 1. The van der Waals surface area contributed by atoms with E-state index in [-0.39, 0.29) is 24.5 Å². The third kappa shape index (κ3) is 5.23. The standard InChI is InChI=1S/C20H21FN2O3S/c21-15-8-6-13(7-9-15)16(24)10-11-19(25)22-23-20(26)18-12-14-4-2-1-3-5-17(14)27-18/h6-9,12H,1-5,10-11H2,(H,22,25)(H,23,26). The molecule has 3 rings (SSSR count). The maximum atomic E-state index is 12.9. The second-order valence-corrected chi connectivity index (χ2v) is 7.69. The second kappa shape index (κ2) is 8.90. The molecule has 0 atom stereocenters. The Labute approximate surface area is 160 Å². The van der Waals surface area contributed by atoms with Crippen molar-refractivity contribution in [2.24, 2.45) is 0 Å². The van der Waals surface area contributed by atoms with E-state index in [1.165, 1.54) is 52.5 Å². The Balaban J connectivity index is 1.45. The largest absolute Gasteiger partial charge is 0.294 e. The van der Waals surface area contributed by atoms with Crippen LogP contribution in [0.2, 0.25) is 0 Å². The van der Waals surface area contributed by atoms with Gasteiger partial charge in [-0.3, -0.25) is 25.2 Å². The average Bonchev–Trinajstić information content (AvgIpc) is 2.95. The molecule has 5 nitrogen and oxygen atoms in total. The van der Waals surface area contributed by atoms with Crippen LogP contribution in [0.25, 0.3) is 0 Å². The molecule has 0 unspecified atom stereocenters. The molecule has 0 radical (unpaired) electrons. The number of carbonyl (C=O) groups excluding carboxylic acids is 3. The van der Waals surface area contributed by atoms with Crippen molar-refractivity contribution in [3.63, 3.8) is 0 Å². The van der Waals surface area contributed by atoms with E-state index in [4.69, 9.17) is 0 Å². The Bertz CT molecular complexity index is 822. The number of rotatable bonds is 5. The van der Waals surface area contributed by atoms with Crippen molar-refractivity contribution >= 4 is 28.9 Å². The van der Waals surface area contributed by atoms with E-state index in [1.807, 2.05) is 6.07 Å². The summed E-state index contributed by atoms with van der Waals surface area (Å²) in [6.07, 6.45) is 5.44. The van der Waals surface area contributed by atoms with Crippen LogP contribution < -0.4 is 10.9 Å². The lowest BCUT2D eigenvalue weighted by Gasteiger charge is -2.06. The van der Waals surface area contributed by atoms with E-state index in [0.29, 0.717) is 10.4 Å². The Hall–Kier alpha value is -2.54. The van der Waals surface area contributed by atoms with Gasteiger partial charge in [-0.1, -0.05) is 6.42 Å². The number of nitrogens with one attached hydrogen (secondary N) is 2. The fraction of sp³-hybridized carbons (Fsp3) is 0.350. The fourth-order valence-electron chi connectivity index (χ4n) is 3.04. The monoisotopic (exact) mass is 388 g/mol. The van der Waals surface area contributed by atoms with Gasteiger partial charge in [0.05, 0.1) is 4.88 Å². The third-order valence-electron chi connectivity index (χ3n) is 4.53. The Morgan fingerprint density at radius 1 is 0.963 bits per heavy atom. The summed E-state index contributed by atoms with van der Waals surface area (Å²) in [6, 6.07) is 7.09. The van der Waals surface area contributed by atoms with E-state index in [9.17, 15) is 18.8 Å². The van der Waals surface area contributed by atoms with Crippen molar-refractivity contribution < 1.29 is 18.8 Å². The number of ketones is 1. The van der Waals surface area contributed by atoms with Gasteiger partial charge in [0.15, 0.2) is 5.78 Å². The molecular weight excluding hydrogens is 367 g/mol. The van der Waals surface area contributed by atoms with Gasteiger partial charge < -0.3 is 0 Å². The molecule has 0 spiro atoms. The van der Waals surface area contributed by atoms with Crippen LogP contribution in [0.4, 0.5) is 4.39 Å². The molecule has 1 heterocycles. The summed E-state index contributed by atoms with van der Waals surface area (Å²) in [4.78, 5) is 37.9.